The smallest absolute Gasteiger partial charge is 0.272 e. The van der Waals surface area contributed by atoms with E-state index in [2.05, 4.69) is 5.32 Å². The van der Waals surface area contributed by atoms with Crippen LogP contribution in [0.15, 0.2) is 42.0 Å². The summed E-state index contributed by atoms with van der Waals surface area (Å²) in [4.78, 5) is 39.6. The highest BCUT2D eigenvalue weighted by molar-refractivity contribution is 6.76. The SMILES string of the molecule is O=C1[C@@H]2[C@H]3C(=CC[C@@H]2C(=O)N1c1ccccc1)CC[C@H]3NC(=O)C(Cl)(Cl)Cl. The van der Waals surface area contributed by atoms with Gasteiger partial charge in [-0.3, -0.25) is 19.3 Å². The van der Waals surface area contributed by atoms with Crippen molar-refractivity contribution in [2.45, 2.75) is 29.1 Å². The van der Waals surface area contributed by atoms with Gasteiger partial charge in [-0.1, -0.05) is 64.7 Å². The van der Waals surface area contributed by atoms with E-state index in [4.69, 9.17) is 34.8 Å². The molecule has 0 unspecified atom stereocenters. The van der Waals surface area contributed by atoms with Gasteiger partial charge < -0.3 is 5.32 Å². The zero-order valence-corrected chi connectivity index (χ0v) is 16.5. The van der Waals surface area contributed by atoms with Gasteiger partial charge >= 0.3 is 0 Å². The number of hydrogen-bond acceptors (Lipinski definition) is 3. The molecule has 0 bridgehead atoms. The molecule has 1 aliphatic heterocycles. The molecule has 1 heterocycles. The Hall–Kier alpha value is -1.56. The van der Waals surface area contributed by atoms with Crippen molar-refractivity contribution in [2.24, 2.45) is 17.8 Å². The number of imide groups is 1. The molecule has 1 saturated heterocycles. The van der Waals surface area contributed by atoms with Gasteiger partial charge in [-0.2, -0.15) is 0 Å². The third-order valence-electron chi connectivity index (χ3n) is 5.69. The number of hydrogen-bond donors (Lipinski definition) is 1. The minimum Gasteiger partial charge on any atom is -0.349 e. The summed E-state index contributed by atoms with van der Waals surface area (Å²) in [5.74, 6) is -2.29. The fourth-order valence-electron chi connectivity index (χ4n) is 4.57. The lowest BCUT2D eigenvalue weighted by Crippen LogP contribution is -2.47. The molecule has 0 spiro atoms. The Morgan fingerprint density at radius 1 is 1.07 bits per heavy atom. The lowest BCUT2D eigenvalue weighted by molar-refractivity contribution is -0.125. The zero-order chi connectivity index (χ0) is 19.3. The predicted molar refractivity (Wildman–Crippen MR) is 104 cm³/mol. The third kappa shape index (κ3) is 3.16. The fraction of sp³-hybridized carbons (Fsp3) is 0.421. The lowest BCUT2D eigenvalue weighted by atomic mass is 9.73. The van der Waals surface area contributed by atoms with Crippen LogP contribution in [0.1, 0.15) is 19.3 Å². The maximum absolute atomic E-state index is 13.2. The average Bonchev–Trinajstić information content (AvgIpc) is 3.14. The number of nitrogens with zero attached hydrogens (tertiary/aromatic N) is 1. The van der Waals surface area contributed by atoms with E-state index in [-0.39, 0.29) is 23.8 Å². The number of carbonyl (C=O) groups is 3. The summed E-state index contributed by atoms with van der Waals surface area (Å²) < 4.78 is -2.06. The topological polar surface area (TPSA) is 66.5 Å². The van der Waals surface area contributed by atoms with Gasteiger partial charge in [0, 0.05) is 12.0 Å². The van der Waals surface area contributed by atoms with Crippen molar-refractivity contribution in [1.82, 2.24) is 5.32 Å². The molecule has 4 rings (SSSR count). The zero-order valence-electron chi connectivity index (χ0n) is 14.2. The number of carbonyl (C=O) groups excluding carboxylic acids is 3. The molecule has 4 atom stereocenters. The first-order chi connectivity index (χ1) is 12.8. The number of nitrogens with one attached hydrogen (secondary N) is 1. The van der Waals surface area contributed by atoms with Crippen LogP contribution in [0.5, 0.6) is 0 Å². The summed E-state index contributed by atoms with van der Waals surface area (Å²) in [6.07, 6.45) is 3.98. The van der Waals surface area contributed by atoms with E-state index < -0.39 is 21.5 Å². The van der Waals surface area contributed by atoms with Gasteiger partial charge in [0.1, 0.15) is 0 Å². The van der Waals surface area contributed by atoms with Crippen LogP contribution < -0.4 is 10.2 Å². The molecule has 0 radical (unpaired) electrons. The molecule has 1 aromatic rings. The summed E-state index contributed by atoms with van der Waals surface area (Å²) in [6, 6.07) is 8.58. The van der Waals surface area contributed by atoms with Crippen LogP contribution in [-0.2, 0) is 14.4 Å². The molecule has 2 aliphatic carbocycles. The maximum atomic E-state index is 13.2. The second kappa shape index (κ2) is 6.80. The Balaban J connectivity index is 1.64. The van der Waals surface area contributed by atoms with E-state index in [0.717, 1.165) is 12.0 Å². The molecule has 3 amide bonds. The molecule has 1 saturated carbocycles. The van der Waals surface area contributed by atoms with E-state index in [0.29, 0.717) is 18.5 Å². The number of halogens is 3. The molecule has 1 N–H and O–H groups in total. The highest BCUT2D eigenvalue weighted by atomic mass is 35.6. The Kier molecular flexibility index (Phi) is 4.73. The van der Waals surface area contributed by atoms with Crippen molar-refractivity contribution in [3.63, 3.8) is 0 Å². The van der Waals surface area contributed by atoms with Crippen LogP contribution >= 0.6 is 34.8 Å². The number of alkyl halides is 3. The van der Waals surface area contributed by atoms with E-state index in [1.54, 1.807) is 24.3 Å². The minimum absolute atomic E-state index is 0.190. The normalized spacial score (nSPS) is 30.0. The predicted octanol–water partition coefficient (Wildman–Crippen LogP) is 3.39. The van der Waals surface area contributed by atoms with Crippen LogP contribution in [0.4, 0.5) is 5.69 Å². The molecule has 1 aromatic carbocycles. The van der Waals surface area contributed by atoms with Crippen LogP contribution in [0.2, 0.25) is 0 Å². The lowest BCUT2D eigenvalue weighted by Gasteiger charge is -2.32. The number of para-hydroxylation sites is 1. The van der Waals surface area contributed by atoms with Crippen molar-refractivity contribution < 1.29 is 14.4 Å². The highest BCUT2D eigenvalue weighted by Gasteiger charge is 2.56. The summed E-state index contributed by atoms with van der Waals surface area (Å²) in [5.41, 5.74) is 1.67. The molecule has 27 heavy (non-hydrogen) atoms. The minimum atomic E-state index is -2.06. The number of allylic oxidation sites excluding steroid dienone is 1. The molecule has 8 heteroatoms. The van der Waals surface area contributed by atoms with Crippen LogP contribution in [0.25, 0.3) is 0 Å². The molecule has 2 fully saturated rings. The summed E-state index contributed by atoms with van der Waals surface area (Å²) in [6.45, 7) is 0. The first-order valence-corrected chi connectivity index (χ1v) is 9.92. The van der Waals surface area contributed by atoms with Gasteiger partial charge in [-0.15, -0.1) is 0 Å². The second-order valence-corrected chi connectivity index (χ2v) is 9.42. The first-order valence-electron chi connectivity index (χ1n) is 8.78. The number of fused-ring (bicyclic) bond motifs is 3. The first kappa shape index (κ1) is 18.8. The number of rotatable bonds is 2. The molecule has 3 aliphatic rings. The fourth-order valence-corrected chi connectivity index (χ4v) is 4.73. The summed E-state index contributed by atoms with van der Waals surface area (Å²) in [5, 5.41) is 2.76. The average molecular weight is 428 g/mol. The van der Waals surface area contributed by atoms with E-state index in [9.17, 15) is 14.4 Å². The van der Waals surface area contributed by atoms with Gasteiger partial charge in [0.15, 0.2) is 0 Å². The van der Waals surface area contributed by atoms with Gasteiger partial charge in [-0.05, 0) is 31.4 Å². The molecule has 0 aromatic heterocycles. The van der Waals surface area contributed by atoms with Crippen LogP contribution in [0.3, 0.4) is 0 Å². The number of anilines is 1. The van der Waals surface area contributed by atoms with Crippen molar-refractivity contribution >= 4 is 58.2 Å². The Labute approximate surface area is 171 Å². The monoisotopic (exact) mass is 426 g/mol. The van der Waals surface area contributed by atoms with Gasteiger partial charge in [0.05, 0.1) is 17.5 Å². The molecule has 142 valence electrons. The van der Waals surface area contributed by atoms with Gasteiger partial charge in [0.2, 0.25) is 11.8 Å². The van der Waals surface area contributed by atoms with Crippen molar-refractivity contribution in [1.29, 1.82) is 0 Å². The molecular weight excluding hydrogens is 411 g/mol. The van der Waals surface area contributed by atoms with E-state index >= 15 is 0 Å². The summed E-state index contributed by atoms with van der Waals surface area (Å²) >= 11 is 17.0. The van der Waals surface area contributed by atoms with Crippen LogP contribution in [-0.4, -0.2) is 27.6 Å². The second-order valence-electron chi connectivity index (χ2n) is 7.14. The number of benzene rings is 1. The quantitative estimate of drug-likeness (QED) is 0.447. The van der Waals surface area contributed by atoms with Crippen molar-refractivity contribution in [3.05, 3.63) is 42.0 Å². The molecular formula is C19H17Cl3N2O3. The van der Waals surface area contributed by atoms with E-state index in [1.807, 2.05) is 12.1 Å². The van der Waals surface area contributed by atoms with Gasteiger partial charge in [-0.25, -0.2) is 0 Å². The summed E-state index contributed by atoms with van der Waals surface area (Å²) in [7, 11) is 0. The van der Waals surface area contributed by atoms with E-state index in [1.165, 1.54) is 4.90 Å². The van der Waals surface area contributed by atoms with Crippen molar-refractivity contribution in [2.75, 3.05) is 4.90 Å². The Morgan fingerprint density at radius 3 is 2.44 bits per heavy atom. The Bertz CT molecular complexity index is 834. The maximum Gasteiger partial charge on any atom is 0.272 e. The number of amides is 3. The third-order valence-corrected chi connectivity index (χ3v) is 6.21. The standard InChI is InChI=1S/C19H17Cl3N2O3/c20-19(21,22)18(27)23-13-9-7-10-6-8-12-15(14(10)13)17(26)24(16(12)25)11-4-2-1-3-5-11/h1-6,12-15H,7-9H2,(H,23,27)/t12-,13+,14-,15-/m0/s1. The van der Waals surface area contributed by atoms with Crippen LogP contribution in [0, 0.1) is 17.8 Å². The van der Waals surface area contributed by atoms with Crippen molar-refractivity contribution in [3.8, 4) is 0 Å². The highest BCUT2D eigenvalue weighted by Crippen LogP contribution is 2.49. The molecule has 5 nitrogen and oxygen atoms in total. The Morgan fingerprint density at radius 2 is 1.78 bits per heavy atom. The van der Waals surface area contributed by atoms with Gasteiger partial charge in [0.25, 0.3) is 9.70 Å². The largest absolute Gasteiger partial charge is 0.349 e.